The summed E-state index contributed by atoms with van der Waals surface area (Å²) >= 11 is 0. The van der Waals surface area contributed by atoms with E-state index < -0.39 is 0 Å². The lowest BCUT2D eigenvalue weighted by Crippen LogP contribution is -2.34. The molecule has 0 aliphatic heterocycles. The molecular formula is C19H19N3O3. The summed E-state index contributed by atoms with van der Waals surface area (Å²) in [6.45, 7) is 3.63. The fourth-order valence-corrected chi connectivity index (χ4v) is 2.63. The number of hydrogen-bond donors (Lipinski definition) is 1. The first-order chi connectivity index (χ1) is 12.1. The Kier molecular flexibility index (Phi) is 4.79. The number of nitrogens with zero attached hydrogens (tertiary/aromatic N) is 2. The van der Waals surface area contributed by atoms with Crippen LogP contribution in [0.15, 0.2) is 59.3 Å². The number of rotatable bonds is 6. The highest BCUT2D eigenvalue weighted by atomic mass is 16.3. The molecule has 0 saturated carbocycles. The Bertz CT molecular complexity index is 867. The van der Waals surface area contributed by atoms with Crippen LogP contribution in [0.1, 0.15) is 40.0 Å². The van der Waals surface area contributed by atoms with Crippen LogP contribution >= 0.6 is 0 Å². The van der Waals surface area contributed by atoms with Gasteiger partial charge in [0, 0.05) is 12.5 Å². The number of furan rings is 1. The molecule has 0 aliphatic rings. The Morgan fingerprint density at radius 2 is 1.96 bits per heavy atom. The van der Waals surface area contributed by atoms with Crippen LogP contribution in [-0.2, 0) is 0 Å². The van der Waals surface area contributed by atoms with Crippen LogP contribution in [0, 0.1) is 6.92 Å². The van der Waals surface area contributed by atoms with Crippen LogP contribution in [-0.4, -0.2) is 27.5 Å². The highest BCUT2D eigenvalue weighted by molar-refractivity contribution is 5.97. The van der Waals surface area contributed by atoms with Crippen LogP contribution < -0.4 is 5.32 Å². The number of carbonyl (C=O) groups excluding carboxylic acids is 2. The van der Waals surface area contributed by atoms with Gasteiger partial charge in [-0.3, -0.25) is 9.59 Å². The van der Waals surface area contributed by atoms with Gasteiger partial charge in [0.2, 0.25) is 0 Å². The van der Waals surface area contributed by atoms with Crippen LogP contribution in [0.2, 0.25) is 0 Å². The van der Waals surface area contributed by atoms with E-state index in [0.717, 1.165) is 11.4 Å². The maximum atomic E-state index is 12.5. The van der Waals surface area contributed by atoms with Crippen molar-refractivity contribution < 1.29 is 14.0 Å². The molecule has 0 saturated heterocycles. The summed E-state index contributed by atoms with van der Waals surface area (Å²) in [5.41, 5.74) is 2.12. The molecule has 0 radical (unpaired) electrons. The summed E-state index contributed by atoms with van der Waals surface area (Å²) in [5, 5.41) is 7.13. The second-order valence-electron chi connectivity index (χ2n) is 5.87. The van der Waals surface area contributed by atoms with Crippen LogP contribution in [0.4, 0.5) is 0 Å². The lowest BCUT2D eigenvalue weighted by molar-refractivity contribution is 0.0907. The molecule has 2 aromatic heterocycles. The number of ketones is 1. The molecular weight excluding hydrogens is 318 g/mol. The molecule has 25 heavy (non-hydrogen) atoms. The third-order valence-corrected chi connectivity index (χ3v) is 3.92. The van der Waals surface area contributed by atoms with Gasteiger partial charge in [0.05, 0.1) is 29.4 Å². The summed E-state index contributed by atoms with van der Waals surface area (Å²) in [6.07, 6.45) is 3.17. The van der Waals surface area contributed by atoms with Gasteiger partial charge in [0.15, 0.2) is 11.5 Å². The summed E-state index contributed by atoms with van der Waals surface area (Å²) in [4.78, 5) is 24.5. The third-order valence-electron chi connectivity index (χ3n) is 3.92. The number of Topliss-reactive ketones (excluding diaryl/α,β-unsaturated/α-hetero) is 1. The van der Waals surface area contributed by atoms with Crippen molar-refractivity contribution in [2.45, 2.75) is 26.3 Å². The summed E-state index contributed by atoms with van der Waals surface area (Å²) in [6, 6.07) is 12.6. The second-order valence-corrected chi connectivity index (χ2v) is 5.87. The largest absolute Gasteiger partial charge is 0.461 e. The number of nitrogens with one attached hydrogen (secondary N) is 1. The number of carbonyl (C=O) groups is 2. The predicted octanol–water partition coefficient (Wildman–Crippen LogP) is 3.17. The van der Waals surface area contributed by atoms with E-state index in [2.05, 4.69) is 10.4 Å². The van der Waals surface area contributed by atoms with Gasteiger partial charge in [-0.05, 0) is 38.1 Å². The first kappa shape index (κ1) is 16.7. The number of para-hydroxylation sites is 1. The van der Waals surface area contributed by atoms with Crippen LogP contribution in [0.3, 0.4) is 0 Å². The van der Waals surface area contributed by atoms with Crippen molar-refractivity contribution in [2.24, 2.45) is 0 Å². The fourth-order valence-electron chi connectivity index (χ4n) is 2.63. The predicted molar refractivity (Wildman–Crippen MR) is 92.9 cm³/mol. The molecule has 0 bridgehead atoms. The van der Waals surface area contributed by atoms with Gasteiger partial charge in [-0.25, -0.2) is 4.68 Å². The van der Waals surface area contributed by atoms with Crippen molar-refractivity contribution in [3.63, 3.8) is 0 Å². The molecule has 0 aliphatic carbocycles. The van der Waals surface area contributed by atoms with Gasteiger partial charge < -0.3 is 9.73 Å². The quantitative estimate of drug-likeness (QED) is 0.701. The highest BCUT2D eigenvalue weighted by Gasteiger charge is 2.19. The third kappa shape index (κ3) is 3.68. The molecule has 1 N–H and O–H groups in total. The fraction of sp³-hybridized carbons (Fsp3) is 0.211. The molecule has 0 spiro atoms. The van der Waals surface area contributed by atoms with E-state index in [0.29, 0.717) is 11.3 Å². The number of aromatic nitrogens is 2. The molecule has 0 fully saturated rings. The standard InChI is InChI=1S/C19H19N3O3/c1-13(11-17(23)18-9-6-10-25-18)21-19(24)16-12-20-22(14(16)2)15-7-4-3-5-8-15/h3-10,12-13H,11H2,1-2H3,(H,21,24)/t13-/m1/s1. The Morgan fingerprint density at radius 3 is 2.64 bits per heavy atom. The van der Waals surface area contributed by atoms with Crippen molar-refractivity contribution in [3.8, 4) is 5.69 Å². The Balaban J connectivity index is 1.67. The molecule has 3 rings (SSSR count). The topological polar surface area (TPSA) is 77.1 Å². The highest BCUT2D eigenvalue weighted by Crippen LogP contribution is 2.14. The van der Waals surface area contributed by atoms with Gasteiger partial charge in [-0.2, -0.15) is 5.10 Å². The number of amides is 1. The maximum Gasteiger partial charge on any atom is 0.254 e. The molecule has 0 unspecified atom stereocenters. The van der Waals surface area contributed by atoms with Gasteiger partial charge in [0.1, 0.15) is 0 Å². The molecule has 1 atom stereocenters. The van der Waals surface area contributed by atoms with E-state index in [1.54, 1.807) is 29.9 Å². The Hall–Kier alpha value is -3.15. The van der Waals surface area contributed by atoms with Gasteiger partial charge in [0.25, 0.3) is 5.91 Å². The van der Waals surface area contributed by atoms with E-state index in [-0.39, 0.29) is 24.2 Å². The molecule has 2 heterocycles. The van der Waals surface area contributed by atoms with Gasteiger partial charge in [-0.15, -0.1) is 0 Å². The Labute approximate surface area is 145 Å². The summed E-state index contributed by atoms with van der Waals surface area (Å²) in [7, 11) is 0. The normalized spacial score (nSPS) is 11.9. The van der Waals surface area contributed by atoms with E-state index in [9.17, 15) is 9.59 Å². The SMILES string of the molecule is Cc1c(C(=O)N[C@H](C)CC(=O)c2ccco2)cnn1-c1ccccc1. The summed E-state index contributed by atoms with van der Waals surface area (Å²) in [5.74, 6) is -0.0943. The van der Waals surface area contributed by atoms with E-state index in [1.165, 1.54) is 6.26 Å². The smallest absolute Gasteiger partial charge is 0.254 e. The molecule has 128 valence electrons. The van der Waals surface area contributed by atoms with Crippen molar-refractivity contribution >= 4 is 11.7 Å². The van der Waals surface area contributed by atoms with Crippen molar-refractivity contribution in [1.82, 2.24) is 15.1 Å². The van der Waals surface area contributed by atoms with E-state index in [4.69, 9.17) is 4.42 Å². The molecule has 6 nitrogen and oxygen atoms in total. The molecule has 1 aromatic carbocycles. The minimum atomic E-state index is -0.315. The Morgan fingerprint density at radius 1 is 1.20 bits per heavy atom. The zero-order chi connectivity index (χ0) is 17.8. The second kappa shape index (κ2) is 7.17. The molecule has 3 aromatic rings. The van der Waals surface area contributed by atoms with Crippen molar-refractivity contribution in [1.29, 1.82) is 0 Å². The number of hydrogen-bond acceptors (Lipinski definition) is 4. The van der Waals surface area contributed by atoms with E-state index in [1.807, 2.05) is 37.3 Å². The zero-order valence-corrected chi connectivity index (χ0v) is 14.1. The van der Waals surface area contributed by atoms with Crippen LogP contribution in [0.25, 0.3) is 5.69 Å². The lowest BCUT2D eigenvalue weighted by Gasteiger charge is -2.12. The minimum Gasteiger partial charge on any atom is -0.461 e. The lowest BCUT2D eigenvalue weighted by atomic mass is 10.1. The monoisotopic (exact) mass is 337 g/mol. The van der Waals surface area contributed by atoms with Crippen molar-refractivity contribution in [2.75, 3.05) is 0 Å². The number of benzene rings is 1. The molecule has 1 amide bonds. The molecule has 6 heteroatoms. The van der Waals surface area contributed by atoms with Crippen LogP contribution in [0.5, 0.6) is 0 Å². The van der Waals surface area contributed by atoms with Crippen molar-refractivity contribution in [3.05, 3.63) is 71.9 Å². The summed E-state index contributed by atoms with van der Waals surface area (Å²) < 4.78 is 6.80. The minimum absolute atomic E-state index is 0.144. The average molecular weight is 337 g/mol. The zero-order valence-electron chi connectivity index (χ0n) is 14.1. The van der Waals surface area contributed by atoms with E-state index >= 15 is 0 Å². The average Bonchev–Trinajstić information content (AvgIpc) is 3.25. The first-order valence-corrected chi connectivity index (χ1v) is 8.04. The maximum absolute atomic E-state index is 12.5. The van der Waals surface area contributed by atoms with Gasteiger partial charge >= 0.3 is 0 Å². The first-order valence-electron chi connectivity index (χ1n) is 8.04. The van der Waals surface area contributed by atoms with Gasteiger partial charge in [-0.1, -0.05) is 18.2 Å².